The molecule has 2 aromatic rings. The van der Waals surface area contributed by atoms with Crippen LogP contribution in [-0.2, 0) is 0 Å². The van der Waals surface area contributed by atoms with Gasteiger partial charge in [-0.3, -0.25) is 0 Å². The van der Waals surface area contributed by atoms with E-state index in [2.05, 4.69) is 11.9 Å². The molecule has 0 aliphatic carbocycles. The molecule has 0 bridgehead atoms. The molecule has 86 valence electrons. The first-order chi connectivity index (χ1) is 7.78. The number of fused-ring (bicyclic) bond motifs is 1. The minimum absolute atomic E-state index is 0.193. The van der Waals surface area contributed by atoms with Crippen LogP contribution in [0.4, 0.5) is 0 Å². The molecular weight excluding hydrogens is 204 g/mol. The first kappa shape index (κ1) is 11.0. The average molecular weight is 220 g/mol. The lowest BCUT2D eigenvalue weighted by atomic mass is 10.1. The second kappa shape index (κ2) is 4.53. The Morgan fingerprint density at radius 2 is 2.31 bits per heavy atom. The van der Waals surface area contributed by atoms with Gasteiger partial charge in [0.2, 0.25) is 0 Å². The minimum atomic E-state index is 0.193. The predicted molar refractivity (Wildman–Crippen MR) is 62.6 cm³/mol. The number of ether oxygens (including phenoxy) is 1. The van der Waals surface area contributed by atoms with Crippen LogP contribution in [0.2, 0.25) is 0 Å². The summed E-state index contributed by atoms with van der Waals surface area (Å²) in [6.45, 7) is 2.63. The molecule has 1 aromatic carbocycles. The largest absolute Gasteiger partial charge is 0.497 e. The Bertz CT molecular complexity index is 475. The summed E-state index contributed by atoms with van der Waals surface area (Å²) in [5.74, 6) is 1.69. The highest BCUT2D eigenvalue weighted by molar-refractivity contribution is 5.74. The minimum Gasteiger partial charge on any atom is -0.497 e. The van der Waals surface area contributed by atoms with Crippen LogP contribution in [0, 0.1) is 0 Å². The molecule has 1 unspecified atom stereocenters. The smallest absolute Gasteiger partial charge is 0.199 e. The number of aromatic nitrogens is 1. The van der Waals surface area contributed by atoms with Crippen LogP contribution in [0.3, 0.4) is 0 Å². The van der Waals surface area contributed by atoms with Crippen LogP contribution in [-0.4, -0.2) is 18.6 Å². The van der Waals surface area contributed by atoms with Gasteiger partial charge >= 0.3 is 0 Å². The van der Waals surface area contributed by atoms with Gasteiger partial charge in [-0.15, -0.1) is 0 Å². The zero-order chi connectivity index (χ0) is 11.5. The van der Waals surface area contributed by atoms with Crippen molar-refractivity contribution in [3.8, 4) is 5.75 Å². The van der Waals surface area contributed by atoms with E-state index in [4.69, 9.17) is 14.9 Å². The van der Waals surface area contributed by atoms with Crippen LogP contribution in [0.5, 0.6) is 5.75 Å². The van der Waals surface area contributed by atoms with E-state index in [0.29, 0.717) is 12.4 Å². The monoisotopic (exact) mass is 220 g/mol. The fourth-order valence-corrected chi connectivity index (χ4v) is 1.67. The molecule has 0 amide bonds. The molecule has 1 heterocycles. The van der Waals surface area contributed by atoms with Crippen molar-refractivity contribution in [2.75, 3.05) is 13.7 Å². The third-order valence-corrected chi connectivity index (χ3v) is 2.74. The second-order valence-electron chi connectivity index (χ2n) is 3.73. The highest BCUT2D eigenvalue weighted by Crippen LogP contribution is 2.25. The van der Waals surface area contributed by atoms with Gasteiger partial charge in [-0.2, -0.15) is 0 Å². The quantitative estimate of drug-likeness (QED) is 0.858. The van der Waals surface area contributed by atoms with E-state index in [1.165, 1.54) is 0 Å². The van der Waals surface area contributed by atoms with E-state index < -0.39 is 0 Å². The van der Waals surface area contributed by atoms with Gasteiger partial charge in [0.05, 0.1) is 7.11 Å². The van der Waals surface area contributed by atoms with Crippen molar-refractivity contribution in [2.45, 2.75) is 19.3 Å². The van der Waals surface area contributed by atoms with Crippen LogP contribution in [0.25, 0.3) is 11.1 Å². The Balaban J connectivity index is 2.43. The molecule has 2 rings (SSSR count). The van der Waals surface area contributed by atoms with Crippen molar-refractivity contribution >= 4 is 11.1 Å². The van der Waals surface area contributed by atoms with Crippen molar-refractivity contribution in [3.63, 3.8) is 0 Å². The number of hydrogen-bond donors (Lipinski definition) is 1. The highest BCUT2D eigenvalue weighted by atomic mass is 16.5. The van der Waals surface area contributed by atoms with Gasteiger partial charge in [0.25, 0.3) is 0 Å². The Hall–Kier alpha value is -1.55. The number of hydrogen-bond acceptors (Lipinski definition) is 4. The SMILES string of the molecule is CCC(CN)c1nc2cc(OC)ccc2o1. The average Bonchev–Trinajstić information content (AvgIpc) is 2.72. The third-order valence-electron chi connectivity index (χ3n) is 2.74. The Morgan fingerprint density at radius 1 is 1.50 bits per heavy atom. The number of nitrogens with zero attached hydrogens (tertiary/aromatic N) is 1. The predicted octanol–water partition coefficient (Wildman–Crippen LogP) is 2.29. The standard InChI is InChI=1S/C12H16N2O2/c1-3-8(7-13)12-14-10-6-9(15-2)4-5-11(10)16-12/h4-6,8H,3,7,13H2,1-2H3. The molecule has 4 nitrogen and oxygen atoms in total. The maximum absolute atomic E-state index is 5.67. The third kappa shape index (κ3) is 1.88. The number of nitrogens with two attached hydrogens (primary N) is 1. The second-order valence-corrected chi connectivity index (χ2v) is 3.73. The van der Waals surface area contributed by atoms with Gasteiger partial charge in [-0.05, 0) is 18.6 Å². The molecule has 0 saturated carbocycles. The molecule has 2 N–H and O–H groups in total. The molecule has 0 radical (unpaired) electrons. The lowest BCUT2D eigenvalue weighted by Gasteiger charge is -2.05. The maximum atomic E-state index is 5.67. The number of rotatable bonds is 4. The molecule has 0 spiro atoms. The Kier molecular flexibility index (Phi) is 3.10. The van der Waals surface area contributed by atoms with Crippen LogP contribution in [0.1, 0.15) is 25.2 Å². The van der Waals surface area contributed by atoms with Crippen LogP contribution >= 0.6 is 0 Å². The summed E-state index contributed by atoms with van der Waals surface area (Å²) in [5.41, 5.74) is 7.27. The van der Waals surface area contributed by atoms with E-state index in [1.807, 2.05) is 18.2 Å². The fourth-order valence-electron chi connectivity index (χ4n) is 1.67. The van der Waals surface area contributed by atoms with Crippen molar-refractivity contribution < 1.29 is 9.15 Å². The summed E-state index contributed by atoms with van der Waals surface area (Å²) < 4.78 is 10.8. The van der Waals surface area contributed by atoms with Crippen molar-refractivity contribution in [2.24, 2.45) is 5.73 Å². The summed E-state index contributed by atoms with van der Waals surface area (Å²) in [7, 11) is 1.64. The molecule has 0 fully saturated rings. The number of benzene rings is 1. The first-order valence-electron chi connectivity index (χ1n) is 5.43. The highest BCUT2D eigenvalue weighted by Gasteiger charge is 2.15. The molecule has 16 heavy (non-hydrogen) atoms. The van der Waals surface area contributed by atoms with E-state index in [-0.39, 0.29) is 5.92 Å². The molecule has 4 heteroatoms. The van der Waals surface area contributed by atoms with Crippen molar-refractivity contribution in [1.82, 2.24) is 4.98 Å². The summed E-state index contributed by atoms with van der Waals surface area (Å²) in [6, 6.07) is 5.60. The van der Waals surface area contributed by atoms with E-state index >= 15 is 0 Å². The van der Waals surface area contributed by atoms with Crippen LogP contribution < -0.4 is 10.5 Å². The normalized spacial score (nSPS) is 12.9. The number of oxazole rings is 1. The zero-order valence-electron chi connectivity index (χ0n) is 9.56. The molecular formula is C12H16N2O2. The van der Waals surface area contributed by atoms with E-state index in [0.717, 1.165) is 23.3 Å². The van der Waals surface area contributed by atoms with Gasteiger partial charge in [0, 0.05) is 18.5 Å². The first-order valence-corrected chi connectivity index (χ1v) is 5.43. The topological polar surface area (TPSA) is 61.3 Å². The lowest BCUT2D eigenvalue weighted by Crippen LogP contribution is -2.11. The van der Waals surface area contributed by atoms with Gasteiger partial charge in [-0.1, -0.05) is 6.92 Å². The molecule has 1 atom stereocenters. The fraction of sp³-hybridized carbons (Fsp3) is 0.417. The van der Waals surface area contributed by atoms with Crippen molar-refractivity contribution in [1.29, 1.82) is 0 Å². The van der Waals surface area contributed by atoms with Gasteiger partial charge < -0.3 is 14.9 Å². The van der Waals surface area contributed by atoms with E-state index in [1.54, 1.807) is 7.11 Å². The molecule has 0 saturated heterocycles. The summed E-state index contributed by atoms with van der Waals surface area (Å²) >= 11 is 0. The number of methoxy groups -OCH3 is 1. The summed E-state index contributed by atoms with van der Waals surface area (Å²) in [6.07, 6.45) is 0.931. The Labute approximate surface area is 94.4 Å². The van der Waals surface area contributed by atoms with Gasteiger partial charge in [0.15, 0.2) is 11.5 Å². The maximum Gasteiger partial charge on any atom is 0.199 e. The van der Waals surface area contributed by atoms with Gasteiger partial charge in [-0.25, -0.2) is 4.98 Å². The molecule has 1 aromatic heterocycles. The zero-order valence-corrected chi connectivity index (χ0v) is 9.56. The van der Waals surface area contributed by atoms with Gasteiger partial charge in [0.1, 0.15) is 11.3 Å². The molecule has 0 aliphatic heterocycles. The van der Waals surface area contributed by atoms with E-state index in [9.17, 15) is 0 Å². The lowest BCUT2D eigenvalue weighted by molar-refractivity contribution is 0.415. The Morgan fingerprint density at radius 3 is 2.94 bits per heavy atom. The molecule has 0 aliphatic rings. The van der Waals surface area contributed by atoms with Crippen LogP contribution in [0.15, 0.2) is 22.6 Å². The summed E-state index contributed by atoms with van der Waals surface area (Å²) in [5, 5.41) is 0. The summed E-state index contributed by atoms with van der Waals surface area (Å²) in [4.78, 5) is 4.44. The van der Waals surface area contributed by atoms with Crippen molar-refractivity contribution in [3.05, 3.63) is 24.1 Å².